The molecule has 0 amide bonds. The maximum atomic E-state index is 12.9. The van der Waals surface area contributed by atoms with Crippen molar-refractivity contribution in [1.82, 2.24) is 0 Å². The van der Waals surface area contributed by atoms with Crippen LogP contribution in [0.1, 0.15) is 310 Å². The molecule has 1 atom stereocenters. The van der Waals surface area contributed by atoms with Gasteiger partial charge in [0.1, 0.15) is 13.2 Å². The molecular weight excluding hydrogens is 961 g/mol. The number of hydrogen-bond donors (Lipinski definition) is 0. The van der Waals surface area contributed by atoms with Crippen molar-refractivity contribution in [1.29, 1.82) is 0 Å². The SMILES string of the molecule is CC/C=C\C/C=C\C/C=C\C/C=C\C/C=C\CCCCCCCCCC(=O)OCC(COC(=O)CCCCCCC/C=C\CCCCCCCCC)OC(=O)CCCCCCCC/C=C\C/C=C\C/C=C\CCCCCCC. The van der Waals surface area contributed by atoms with Crippen LogP contribution in [0.3, 0.4) is 0 Å². The molecule has 0 aromatic carbocycles. The zero-order valence-electron chi connectivity index (χ0n) is 51.2. The maximum Gasteiger partial charge on any atom is 0.306 e. The van der Waals surface area contributed by atoms with Gasteiger partial charge < -0.3 is 14.2 Å². The van der Waals surface area contributed by atoms with Gasteiger partial charge in [0.05, 0.1) is 0 Å². The third-order valence-corrected chi connectivity index (χ3v) is 14.0. The number of allylic oxidation sites excluding steroid dienone is 18. The highest BCUT2D eigenvalue weighted by atomic mass is 16.6. The lowest BCUT2D eigenvalue weighted by molar-refractivity contribution is -0.167. The van der Waals surface area contributed by atoms with Crippen molar-refractivity contribution in [3.05, 3.63) is 109 Å². The van der Waals surface area contributed by atoms with Crippen LogP contribution in [0.15, 0.2) is 109 Å². The van der Waals surface area contributed by atoms with Crippen LogP contribution < -0.4 is 0 Å². The Morgan fingerprint density at radius 1 is 0.269 bits per heavy atom. The Labute approximate surface area is 482 Å². The van der Waals surface area contributed by atoms with Gasteiger partial charge in [-0.05, 0) is 128 Å². The number of ether oxygens (including phenoxy) is 3. The number of rotatable bonds is 59. The van der Waals surface area contributed by atoms with Crippen LogP contribution in [0, 0.1) is 0 Å². The summed E-state index contributed by atoms with van der Waals surface area (Å²) in [7, 11) is 0. The highest BCUT2D eigenvalue weighted by Crippen LogP contribution is 2.15. The van der Waals surface area contributed by atoms with E-state index in [9.17, 15) is 14.4 Å². The number of esters is 3. The fraction of sp³-hybridized carbons (Fsp3) is 0.708. The lowest BCUT2D eigenvalue weighted by Gasteiger charge is -2.18. The average Bonchev–Trinajstić information content (AvgIpc) is 3.44. The van der Waals surface area contributed by atoms with Crippen LogP contribution in [0.2, 0.25) is 0 Å². The fourth-order valence-electron chi connectivity index (χ4n) is 9.06. The molecule has 0 aromatic heterocycles. The Balaban J connectivity index is 4.44. The summed E-state index contributed by atoms with van der Waals surface area (Å²) in [4.78, 5) is 38.4. The third-order valence-electron chi connectivity index (χ3n) is 14.0. The fourth-order valence-corrected chi connectivity index (χ4v) is 9.06. The Bertz CT molecular complexity index is 1570. The van der Waals surface area contributed by atoms with E-state index >= 15 is 0 Å². The normalized spacial score (nSPS) is 12.8. The smallest absolute Gasteiger partial charge is 0.306 e. The van der Waals surface area contributed by atoms with E-state index in [0.717, 1.165) is 128 Å². The van der Waals surface area contributed by atoms with Gasteiger partial charge in [-0.1, -0.05) is 271 Å². The molecule has 0 rings (SSSR count). The molecule has 0 bridgehead atoms. The van der Waals surface area contributed by atoms with Gasteiger partial charge in [0.15, 0.2) is 6.10 Å². The van der Waals surface area contributed by atoms with E-state index in [1.54, 1.807) is 0 Å². The van der Waals surface area contributed by atoms with Crippen molar-refractivity contribution in [2.45, 2.75) is 316 Å². The topological polar surface area (TPSA) is 78.9 Å². The Morgan fingerprint density at radius 3 is 0.795 bits per heavy atom. The van der Waals surface area contributed by atoms with Crippen molar-refractivity contribution in [3.63, 3.8) is 0 Å². The Hall–Kier alpha value is -3.93. The first-order chi connectivity index (χ1) is 38.5. The molecule has 0 saturated carbocycles. The molecule has 0 heterocycles. The van der Waals surface area contributed by atoms with Crippen molar-refractivity contribution in [2.24, 2.45) is 0 Å². The van der Waals surface area contributed by atoms with E-state index < -0.39 is 6.10 Å². The summed E-state index contributed by atoms with van der Waals surface area (Å²) >= 11 is 0. The molecule has 0 N–H and O–H groups in total. The molecular formula is C72H122O6. The molecule has 6 nitrogen and oxygen atoms in total. The first kappa shape index (κ1) is 74.1. The molecule has 0 radical (unpaired) electrons. The van der Waals surface area contributed by atoms with E-state index in [4.69, 9.17) is 14.2 Å². The molecule has 0 aliphatic rings. The van der Waals surface area contributed by atoms with E-state index in [-0.39, 0.29) is 31.1 Å². The number of hydrogen-bond acceptors (Lipinski definition) is 6. The minimum Gasteiger partial charge on any atom is -0.462 e. The molecule has 0 aliphatic heterocycles. The average molecular weight is 1080 g/mol. The summed E-state index contributed by atoms with van der Waals surface area (Å²) in [6, 6.07) is 0. The summed E-state index contributed by atoms with van der Waals surface area (Å²) < 4.78 is 16.9. The quantitative estimate of drug-likeness (QED) is 0.0261. The van der Waals surface area contributed by atoms with Gasteiger partial charge in [-0.25, -0.2) is 0 Å². The zero-order chi connectivity index (χ0) is 56.4. The predicted octanol–water partition coefficient (Wildman–Crippen LogP) is 22.6. The van der Waals surface area contributed by atoms with E-state index in [2.05, 4.69) is 130 Å². The third kappa shape index (κ3) is 62.9. The molecule has 0 aromatic rings. The summed E-state index contributed by atoms with van der Waals surface area (Å²) in [5.74, 6) is -0.915. The van der Waals surface area contributed by atoms with Crippen LogP contribution >= 0.6 is 0 Å². The second-order valence-electron chi connectivity index (χ2n) is 21.6. The first-order valence-corrected chi connectivity index (χ1v) is 32.9. The van der Waals surface area contributed by atoms with E-state index in [1.807, 2.05) is 0 Å². The van der Waals surface area contributed by atoms with Crippen LogP contribution in [-0.2, 0) is 28.6 Å². The zero-order valence-corrected chi connectivity index (χ0v) is 51.2. The monoisotopic (exact) mass is 1080 g/mol. The summed E-state index contributed by atoms with van der Waals surface area (Å²) in [6.07, 6.45) is 89.4. The summed E-state index contributed by atoms with van der Waals surface area (Å²) in [5, 5.41) is 0. The van der Waals surface area contributed by atoms with Gasteiger partial charge in [0.2, 0.25) is 0 Å². The number of unbranched alkanes of at least 4 members (excludes halogenated alkanes) is 30. The van der Waals surface area contributed by atoms with Crippen LogP contribution in [0.5, 0.6) is 0 Å². The Morgan fingerprint density at radius 2 is 0.500 bits per heavy atom. The van der Waals surface area contributed by atoms with E-state index in [1.165, 1.54) is 141 Å². The summed E-state index contributed by atoms with van der Waals surface area (Å²) in [5.41, 5.74) is 0. The summed E-state index contributed by atoms with van der Waals surface area (Å²) in [6.45, 7) is 6.51. The van der Waals surface area contributed by atoms with Crippen LogP contribution in [0.4, 0.5) is 0 Å². The highest BCUT2D eigenvalue weighted by molar-refractivity contribution is 5.71. The van der Waals surface area contributed by atoms with Crippen LogP contribution in [-0.4, -0.2) is 37.2 Å². The van der Waals surface area contributed by atoms with Gasteiger partial charge in [-0.3, -0.25) is 14.4 Å². The highest BCUT2D eigenvalue weighted by Gasteiger charge is 2.19. The Kier molecular flexibility index (Phi) is 62.3. The van der Waals surface area contributed by atoms with Gasteiger partial charge in [0, 0.05) is 19.3 Å². The van der Waals surface area contributed by atoms with Gasteiger partial charge in [-0.15, -0.1) is 0 Å². The minimum absolute atomic E-state index is 0.0918. The lowest BCUT2D eigenvalue weighted by Crippen LogP contribution is -2.30. The van der Waals surface area contributed by atoms with Gasteiger partial charge >= 0.3 is 17.9 Å². The van der Waals surface area contributed by atoms with Crippen LogP contribution in [0.25, 0.3) is 0 Å². The number of carbonyl (C=O) groups is 3. The van der Waals surface area contributed by atoms with Crippen molar-refractivity contribution in [3.8, 4) is 0 Å². The first-order valence-electron chi connectivity index (χ1n) is 32.9. The molecule has 1 unspecified atom stereocenters. The molecule has 0 saturated heterocycles. The second-order valence-corrected chi connectivity index (χ2v) is 21.6. The van der Waals surface area contributed by atoms with E-state index in [0.29, 0.717) is 19.3 Å². The maximum absolute atomic E-state index is 12.9. The molecule has 78 heavy (non-hydrogen) atoms. The second kappa shape index (κ2) is 65.6. The van der Waals surface area contributed by atoms with Gasteiger partial charge in [-0.2, -0.15) is 0 Å². The predicted molar refractivity (Wildman–Crippen MR) is 339 cm³/mol. The molecule has 0 fully saturated rings. The lowest BCUT2D eigenvalue weighted by atomic mass is 10.1. The largest absolute Gasteiger partial charge is 0.462 e. The van der Waals surface area contributed by atoms with Gasteiger partial charge in [0.25, 0.3) is 0 Å². The number of carbonyl (C=O) groups excluding carboxylic acids is 3. The van der Waals surface area contributed by atoms with Crippen molar-refractivity contribution < 1.29 is 28.6 Å². The molecule has 446 valence electrons. The van der Waals surface area contributed by atoms with Crippen molar-refractivity contribution >= 4 is 17.9 Å². The van der Waals surface area contributed by atoms with Crippen molar-refractivity contribution in [2.75, 3.05) is 13.2 Å². The standard InChI is InChI=1S/C72H122O6/c1-4-7-10-13-16-19-22-25-28-31-33-35-36-38-39-41-44-47-50-53-56-59-62-65-71(74)77-68-69(67-76-70(73)64-61-58-55-52-49-46-43-30-27-24-21-18-15-12-9-6-3)78-72(75)66-63-60-57-54-51-48-45-42-40-37-34-32-29-26-23-20-17-14-11-8-5-2/h7,10,16,19,23,25-26,28,30,32-35,38-40,42-43,69H,4-6,8-9,11-15,17-18,20-22,24,27,29,31,36-37,41,44-68H2,1-3H3/b10-7-,19-16-,26-23-,28-25-,34-32-,35-33-,39-38-,42-40-,43-30-. The molecule has 6 heteroatoms. The molecule has 0 spiro atoms. The molecule has 0 aliphatic carbocycles. The minimum atomic E-state index is -0.797.